The summed E-state index contributed by atoms with van der Waals surface area (Å²) in [4.78, 5) is 0. The third-order valence-corrected chi connectivity index (χ3v) is 3.98. The van der Waals surface area contributed by atoms with Crippen molar-refractivity contribution in [1.29, 1.82) is 0 Å². The van der Waals surface area contributed by atoms with Gasteiger partial charge < -0.3 is 10.1 Å². The van der Waals surface area contributed by atoms with Gasteiger partial charge >= 0.3 is 0 Å². The molecule has 0 heterocycles. The summed E-state index contributed by atoms with van der Waals surface area (Å²) in [6.07, 6.45) is 4.99. The van der Waals surface area contributed by atoms with E-state index in [2.05, 4.69) is 57.3 Å². The number of nitrogens with one attached hydrogen (secondary N) is 1. The van der Waals surface area contributed by atoms with Crippen LogP contribution in [0.15, 0.2) is 24.3 Å². The fourth-order valence-corrected chi connectivity index (χ4v) is 2.49. The summed E-state index contributed by atoms with van der Waals surface area (Å²) < 4.78 is 5.91. The minimum atomic E-state index is -0.0294. The van der Waals surface area contributed by atoms with Crippen molar-refractivity contribution in [1.82, 2.24) is 5.32 Å². The molecule has 2 heteroatoms. The molecule has 1 aliphatic carbocycles. The lowest BCUT2D eigenvalue weighted by Crippen LogP contribution is -2.28. The molecule has 1 fully saturated rings. The molecular formula is C19H31NO. The monoisotopic (exact) mass is 289 g/mol. The van der Waals surface area contributed by atoms with Crippen molar-refractivity contribution >= 4 is 0 Å². The first-order valence-electron chi connectivity index (χ1n) is 8.35. The van der Waals surface area contributed by atoms with Gasteiger partial charge in [-0.15, -0.1) is 0 Å². The fraction of sp³-hybridized carbons (Fsp3) is 0.684. The fourth-order valence-electron chi connectivity index (χ4n) is 2.49. The highest BCUT2D eigenvalue weighted by Gasteiger charge is 2.22. The molecule has 1 unspecified atom stereocenters. The summed E-state index contributed by atoms with van der Waals surface area (Å²) in [7, 11) is 0. The maximum Gasteiger partial charge on any atom is 0.0598 e. The topological polar surface area (TPSA) is 21.3 Å². The number of aryl methyl sites for hydroxylation is 1. The zero-order valence-electron chi connectivity index (χ0n) is 14.1. The average molecular weight is 289 g/mol. The Hall–Kier alpha value is -0.860. The largest absolute Gasteiger partial charge is 0.376 e. The molecule has 1 aromatic carbocycles. The van der Waals surface area contributed by atoms with Crippen LogP contribution < -0.4 is 5.32 Å². The van der Waals surface area contributed by atoms with Crippen LogP contribution in [-0.4, -0.2) is 24.8 Å². The minimum Gasteiger partial charge on any atom is -0.376 e. The van der Waals surface area contributed by atoms with E-state index in [-0.39, 0.29) is 5.60 Å². The Morgan fingerprint density at radius 2 is 1.86 bits per heavy atom. The second-order valence-corrected chi connectivity index (χ2v) is 7.49. The third-order valence-electron chi connectivity index (χ3n) is 3.98. The van der Waals surface area contributed by atoms with Crippen LogP contribution in [0.25, 0.3) is 0 Å². The van der Waals surface area contributed by atoms with E-state index in [4.69, 9.17) is 4.74 Å². The molecule has 118 valence electrons. The first-order valence-corrected chi connectivity index (χ1v) is 8.35. The van der Waals surface area contributed by atoms with E-state index in [9.17, 15) is 0 Å². The quantitative estimate of drug-likeness (QED) is 0.777. The van der Waals surface area contributed by atoms with Crippen molar-refractivity contribution in [2.24, 2.45) is 5.92 Å². The lowest BCUT2D eigenvalue weighted by molar-refractivity contribution is -0.00921. The first-order chi connectivity index (χ1) is 9.92. The van der Waals surface area contributed by atoms with Gasteiger partial charge in [0.2, 0.25) is 0 Å². The molecule has 0 aromatic heterocycles. The summed E-state index contributed by atoms with van der Waals surface area (Å²) in [6.45, 7) is 10.5. The molecule has 1 saturated carbocycles. The molecule has 1 N–H and O–H groups in total. The van der Waals surface area contributed by atoms with Gasteiger partial charge in [0.25, 0.3) is 0 Å². The van der Waals surface area contributed by atoms with Gasteiger partial charge in [-0.2, -0.15) is 0 Å². The van der Waals surface area contributed by atoms with E-state index in [1.54, 1.807) is 0 Å². The second-order valence-electron chi connectivity index (χ2n) is 7.49. The second kappa shape index (κ2) is 7.42. The maximum absolute atomic E-state index is 5.91. The first kappa shape index (κ1) is 16.5. The molecule has 0 spiro atoms. The number of ether oxygens (including phenoxy) is 1. The Labute approximate surface area is 130 Å². The standard InChI is InChI=1S/C19H31NO/c1-15-5-7-16(8-6-15)13-17(14-20-18-9-10-18)11-12-21-19(2,3)4/h5-8,17-18,20H,9-14H2,1-4H3. The van der Waals surface area contributed by atoms with Crippen LogP contribution in [0, 0.1) is 12.8 Å². The van der Waals surface area contributed by atoms with Crippen molar-refractivity contribution in [3.63, 3.8) is 0 Å². The van der Waals surface area contributed by atoms with E-state index in [1.807, 2.05) is 0 Å². The Kier molecular flexibility index (Phi) is 5.83. The summed E-state index contributed by atoms with van der Waals surface area (Å²) in [6, 6.07) is 9.75. The molecule has 0 radical (unpaired) electrons. The molecule has 1 atom stereocenters. The van der Waals surface area contributed by atoms with Crippen molar-refractivity contribution in [2.75, 3.05) is 13.2 Å². The van der Waals surface area contributed by atoms with Gasteiger partial charge in [-0.05, 0) is 71.4 Å². The molecule has 1 aromatic rings. The van der Waals surface area contributed by atoms with Gasteiger partial charge in [0.15, 0.2) is 0 Å². The van der Waals surface area contributed by atoms with Crippen LogP contribution in [0.4, 0.5) is 0 Å². The van der Waals surface area contributed by atoms with Gasteiger partial charge in [0.05, 0.1) is 5.60 Å². The summed E-state index contributed by atoms with van der Waals surface area (Å²) >= 11 is 0. The van der Waals surface area contributed by atoms with Gasteiger partial charge in [0.1, 0.15) is 0 Å². The highest BCUT2D eigenvalue weighted by atomic mass is 16.5. The number of rotatable bonds is 8. The van der Waals surface area contributed by atoms with E-state index in [0.29, 0.717) is 5.92 Å². The van der Waals surface area contributed by atoms with Crippen molar-refractivity contribution in [3.05, 3.63) is 35.4 Å². The molecule has 0 bridgehead atoms. The van der Waals surface area contributed by atoms with Crippen molar-refractivity contribution in [3.8, 4) is 0 Å². The van der Waals surface area contributed by atoms with Gasteiger partial charge in [-0.3, -0.25) is 0 Å². The maximum atomic E-state index is 5.91. The van der Waals surface area contributed by atoms with E-state index >= 15 is 0 Å². The van der Waals surface area contributed by atoms with Crippen LogP contribution in [0.5, 0.6) is 0 Å². The molecule has 0 amide bonds. The van der Waals surface area contributed by atoms with Crippen LogP contribution in [-0.2, 0) is 11.2 Å². The van der Waals surface area contributed by atoms with Crippen LogP contribution >= 0.6 is 0 Å². The van der Waals surface area contributed by atoms with Gasteiger partial charge in [-0.1, -0.05) is 29.8 Å². The zero-order valence-corrected chi connectivity index (χ0v) is 14.1. The molecular weight excluding hydrogens is 258 g/mol. The predicted molar refractivity (Wildman–Crippen MR) is 89.7 cm³/mol. The normalized spacial score (nSPS) is 17.0. The highest BCUT2D eigenvalue weighted by Crippen LogP contribution is 2.21. The number of hydrogen-bond donors (Lipinski definition) is 1. The average Bonchev–Trinajstić information content (AvgIpc) is 3.21. The zero-order chi connectivity index (χ0) is 15.3. The summed E-state index contributed by atoms with van der Waals surface area (Å²) in [5.41, 5.74) is 2.75. The third kappa shape index (κ3) is 7.10. The highest BCUT2D eigenvalue weighted by molar-refractivity contribution is 5.21. The molecule has 2 rings (SSSR count). The molecule has 0 aliphatic heterocycles. The summed E-state index contributed by atoms with van der Waals surface area (Å²) in [5.74, 6) is 0.663. The Bertz CT molecular complexity index is 414. The number of hydrogen-bond acceptors (Lipinski definition) is 2. The van der Waals surface area contributed by atoms with E-state index in [0.717, 1.165) is 32.0 Å². The Balaban J connectivity index is 1.82. The van der Waals surface area contributed by atoms with Gasteiger partial charge in [0, 0.05) is 12.6 Å². The molecule has 2 nitrogen and oxygen atoms in total. The molecule has 0 saturated heterocycles. The summed E-state index contributed by atoms with van der Waals surface area (Å²) in [5, 5.41) is 3.68. The SMILES string of the molecule is Cc1ccc(CC(CCOC(C)(C)C)CNC2CC2)cc1. The van der Waals surface area contributed by atoms with Gasteiger partial charge in [-0.25, -0.2) is 0 Å². The Morgan fingerprint density at radius 3 is 2.43 bits per heavy atom. The van der Waals surface area contributed by atoms with E-state index in [1.165, 1.54) is 24.0 Å². The van der Waals surface area contributed by atoms with Crippen molar-refractivity contribution < 1.29 is 4.74 Å². The lowest BCUT2D eigenvalue weighted by Gasteiger charge is -2.23. The van der Waals surface area contributed by atoms with E-state index < -0.39 is 0 Å². The lowest BCUT2D eigenvalue weighted by atomic mass is 9.95. The van der Waals surface area contributed by atoms with Crippen LogP contribution in [0.3, 0.4) is 0 Å². The molecule has 1 aliphatic rings. The molecule has 21 heavy (non-hydrogen) atoms. The predicted octanol–water partition coefficient (Wildman–Crippen LogP) is 4.11. The number of benzene rings is 1. The minimum absolute atomic E-state index is 0.0294. The van der Waals surface area contributed by atoms with Crippen LogP contribution in [0.1, 0.15) is 51.2 Å². The van der Waals surface area contributed by atoms with Crippen molar-refractivity contribution in [2.45, 2.75) is 65.0 Å². The van der Waals surface area contributed by atoms with Crippen LogP contribution in [0.2, 0.25) is 0 Å². The smallest absolute Gasteiger partial charge is 0.0598 e. The Morgan fingerprint density at radius 1 is 1.19 bits per heavy atom.